The summed E-state index contributed by atoms with van der Waals surface area (Å²) in [6, 6.07) is 3.80. The largest absolute Gasteiger partial charge is 0.302 e. The van der Waals surface area contributed by atoms with Crippen LogP contribution in [0.3, 0.4) is 0 Å². The van der Waals surface area contributed by atoms with Crippen LogP contribution in [0.25, 0.3) is 0 Å². The van der Waals surface area contributed by atoms with E-state index in [4.69, 9.17) is 11.6 Å². The third-order valence-corrected chi connectivity index (χ3v) is 3.89. The molecule has 3 heteroatoms. The molecule has 2 nitrogen and oxygen atoms in total. The fraction of sp³-hybridized carbons (Fsp3) is 0.500. The Morgan fingerprint density at radius 2 is 2.13 bits per heavy atom. The van der Waals surface area contributed by atoms with E-state index in [9.17, 15) is 4.79 Å². The van der Waals surface area contributed by atoms with Crippen molar-refractivity contribution in [2.75, 3.05) is 0 Å². The van der Waals surface area contributed by atoms with Gasteiger partial charge < -0.3 is 4.79 Å². The van der Waals surface area contributed by atoms with Gasteiger partial charge in [0.2, 0.25) is 0 Å². The highest BCUT2D eigenvalue weighted by Gasteiger charge is 2.41. The van der Waals surface area contributed by atoms with Crippen molar-refractivity contribution in [1.82, 2.24) is 4.98 Å². The summed E-state index contributed by atoms with van der Waals surface area (Å²) in [5.74, 6) is 0. The Morgan fingerprint density at radius 3 is 2.73 bits per heavy atom. The molecule has 2 rings (SSSR count). The van der Waals surface area contributed by atoms with Crippen LogP contribution in [-0.2, 0) is 10.2 Å². The molecule has 1 aromatic rings. The molecule has 2 atom stereocenters. The fourth-order valence-electron chi connectivity index (χ4n) is 2.34. The summed E-state index contributed by atoms with van der Waals surface area (Å²) < 4.78 is 0. The van der Waals surface area contributed by atoms with Gasteiger partial charge in [-0.2, -0.15) is 0 Å². The Morgan fingerprint density at radius 1 is 1.40 bits per heavy atom. The molecule has 0 spiro atoms. The molecule has 1 aliphatic rings. The summed E-state index contributed by atoms with van der Waals surface area (Å²) in [6.45, 7) is 0. The summed E-state index contributed by atoms with van der Waals surface area (Å²) >= 11 is 6.32. The Hall–Kier alpha value is -0.890. The Kier molecular flexibility index (Phi) is 3.06. The van der Waals surface area contributed by atoms with Crippen LogP contribution in [0.15, 0.2) is 24.5 Å². The second-order valence-electron chi connectivity index (χ2n) is 4.11. The van der Waals surface area contributed by atoms with Crippen LogP contribution in [0.2, 0.25) is 0 Å². The minimum Gasteiger partial charge on any atom is -0.302 e. The lowest BCUT2D eigenvalue weighted by atomic mass is 9.70. The molecule has 0 radical (unpaired) electrons. The van der Waals surface area contributed by atoms with Gasteiger partial charge in [-0.05, 0) is 30.5 Å². The molecule has 0 amide bonds. The van der Waals surface area contributed by atoms with Crippen LogP contribution >= 0.6 is 11.6 Å². The lowest BCUT2D eigenvalue weighted by Crippen LogP contribution is -2.40. The van der Waals surface area contributed by atoms with E-state index < -0.39 is 5.41 Å². The first-order valence-corrected chi connectivity index (χ1v) is 5.74. The van der Waals surface area contributed by atoms with E-state index >= 15 is 0 Å². The second-order valence-corrected chi connectivity index (χ2v) is 4.63. The molecule has 1 fully saturated rings. The van der Waals surface area contributed by atoms with Crippen molar-refractivity contribution in [2.45, 2.75) is 36.5 Å². The summed E-state index contributed by atoms with van der Waals surface area (Å²) in [4.78, 5) is 15.4. The first-order valence-electron chi connectivity index (χ1n) is 5.30. The first-order chi connectivity index (χ1) is 7.29. The average Bonchev–Trinajstić information content (AvgIpc) is 2.31. The fourth-order valence-corrected chi connectivity index (χ4v) is 2.78. The molecule has 0 N–H and O–H groups in total. The first kappa shape index (κ1) is 10.6. The van der Waals surface area contributed by atoms with Crippen LogP contribution in [0.4, 0.5) is 0 Å². The van der Waals surface area contributed by atoms with Gasteiger partial charge in [-0.1, -0.05) is 12.8 Å². The lowest BCUT2D eigenvalue weighted by Gasteiger charge is -2.36. The average molecular weight is 224 g/mol. The molecule has 1 aromatic heterocycles. The van der Waals surface area contributed by atoms with Gasteiger partial charge in [-0.25, -0.2) is 0 Å². The molecule has 1 heterocycles. The van der Waals surface area contributed by atoms with Gasteiger partial charge >= 0.3 is 0 Å². The van der Waals surface area contributed by atoms with Gasteiger partial charge in [-0.15, -0.1) is 11.6 Å². The van der Waals surface area contributed by atoms with Crippen LogP contribution in [0.1, 0.15) is 31.2 Å². The molecule has 0 bridgehead atoms. The van der Waals surface area contributed by atoms with Crippen LogP contribution in [0.5, 0.6) is 0 Å². The molecular formula is C12H14ClNO. The molecule has 1 saturated carbocycles. The standard InChI is InChI=1S/C12H14ClNO/c13-11-3-1-2-6-12(11,9-15)10-4-7-14-8-5-10/h4-5,7-9,11H,1-3,6H2. The monoisotopic (exact) mass is 223 g/mol. The van der Waals surface area contributed by atoms with Gasteiger partial charge in [0, 0.05) is 17.8 Å². The maximum absolute atomic E-state index is 11.4. The molecule has 0 saturated heterocycles. The maximum Gasteiger partial charge on any atom is 0.132 e. The van der Waals surface area contributed by atoms with E-state index in [-0.39, 0.29) is 5.38 Å². The maximum atomic E-state index is 11.4. The van der Waals surface area contributed by atoms with E-state index in [1.807, 2.05) is 12.1 Å². The number of carbonyl (C=O) groups is 1. The van der Waals surface area contributed by atoms with E-state index in [1.54, 1.807) is 12.4 Å². The summed E-state index contributed by atoms with van der Waals surface area (Å²) in [5, 5.41) is -0.0776. The molecule has 80 valence electrons. The zero-order chi connectivity index (χ0) is 10.7. The Labute approximate surface area is 94.7 Å². The SMILES string of the molecule is O=CC1(c2ccncc2)CCCCC1Cl. The highest BCUT2D eigenvalue weighted by Crippen LogP contribution is 2.40. The Bertz CT molecular complexity index is 341. The number of alkyl halides is 1. The van der Waals surface area contributed by atoms with Gasteiger partial charge in [0.05, 0.1) is 5.41 Å². The van der Waals surface area contributed by atoms with Gasteiger partial charge in [0.1, 0.15) is 6.29 Å². The van der Waals surface area contributed by atoms with Crippen molar-refractivity contribution in [2.24, 2.45) is 0 Å². The molecule has 1 aliphatic carbocycles. The van der Waals surface area contributed by atoms with E-state index in [0.29, 0.717) is 0 Å². The van der Waals surface area contributed by atoms with Crippen molar-refractivity contribution in [3.05, 3.63) is 30.1 Å². The van der Waals surface area contributed by atoms with Crippen LogP contribution in [-0.4, -0.2) is 16.6 Å². The second kappa shape index (κ2) is 4.31. The number of aromatic nitrogens is 1. The van der Waals surface area contributed by atoms with Crippen LogP contribution < -0.4 is 0 Å². The number of hydrogen-bond acceptors (Lipinski definition) is 2. The number of pyridine rings is 1. The predicted octanol–water partition coefficient (Wildman–Crippen LogP) is 2.70. The Balaban J connectivity index is 2.40. The molecular weight excluding hydrogens is 210 g/mol. The lowest BCUT2D eigenvalue weighted by molar-refractivity contribution is -0.113. The molecule has 15 heavy (non-hydrogen) atoms. The van der Waals surface area contributed by atoms with E-state index in [0.717, 1.165) is 37.5 Å². The number of halogens is 1. The van der Waals surface area contributed by atoms with Crippen molar-refractivity contribution in [3.63, 3.8) is 0 Å². The van der Waals surface area contributed by atoms with Crippen molar-refractivity contribution in [1.29, 1.82) is 0 Å². The van der Waals surface area contributed by atoms with Crippen molar-refractivity contribution < 1.29 is 4.79 Å². The predicted molar refractivity (Wildman–Crippen MR) is 60.1 cm³/mol. The van der Waals surface area contributed by atoms with Gasteiger partial charge in [0.15, 0.2) is 0 Å². The summed E-state index contributed by atoms with van der Waals surface area (Å²) in [5.41, 5.74) is 0.523. The highest BCUT2D eigenvalue weighted by atomic mass is 35.5. The number of carbonyl (C=O) groups excluding carboxylic acids is 1. The zero-order valence-corrected chi connectivity index (χ0v) is 9.28. The van der Waals surface area contributed by atoms with Gasteiger partial charge in [0.25, 0.3) is 0 Å². The summed E-state index contributed by atoms with van der Waals surface area (Å²) in [6.07, 6.45) is 8.44. The quantitative estimate of drug-likeness (QED) is 0.570. The van der Waals surface area contributed by atoms with Crippen LogP contribution in [0, 0.1) is 0 Å². The number of aldehydes is 1. The van der Waals surface area contributed by atoms with E-state index in [1.165, 1.54) is 0 Å². The summed E-state index contributed by atoms with van der Waals surface area (Å²) in [7, 11) is 0. The molecule has 0 aromatic carbocycles. The highest BCUT2D eigenvalue weighted by molar-refractivity contribution is 6.23. The smallest absolute Gasteiger partial charge is 0.132 e. The third kappa shape index (κ3) is 1.78. The van der Waals surface area contributed by atoms with E-state index in [2.05, 4.69) is 4.98 Å². The van der Waals surface area contributed by atoms with Crippen molar-refractivity contribution in [3.8, 4) is 0 Å². The topological polar surface area (TPSA) is 30.0 Å². The normalized spacial score (nSPS) is 31.1. The zero-order valence-electron chi connectivity index (χ0n) is 8.53. The number of rotatable bonds is 2. The van der Waals surface area contributed by atoms with Crippen molar-refractivity contribution >= 4 is 17.9 Å². The molecule has 2 unspecified atom stereocenters. The number of hydrogen-bond donors (Lipinski definition) is 0. The minimum absolute atomic E-state index is 0.0776. The number of nitrogens with zero attached hydrogens (tertiary/aromatic N) is 1. The van der Waals surface area contributed by atoms with Gasteiger partial charge in [-0.3, -0.25) is 4.98 Å². The molecule has 0 aliphatic heterocycles. The third-order valence-electron chi connectivity index (χ3n) is 3.29. The minimum atomic E-state index is -0.483.